The van der Waals surface area contributed by atoms with Crippen molar-refractivity contribution in [2.75, 3.05) is 6.54 Å². The van der Waals surface area contributed by atoms with E-state index in [1.54, 1.807) is 12.3 Å². The van der Waals surface area contributed by atoms with Crippen LogP contribution in [0.25, 0.3) is 5.65 Å². The standard InChI is InChI=1S/C11H13ClN4O/c12-7-6-14-16-10(17)5-9(15-11(7)16)8-3-1-2-4-13-8/h5-6,8,13-14H,1-4H2. The van der Waals surface area contributed by atoms with Crippen molar-refractivity contribution in [3.63, 3.8) is 0 Å². The van der Waals surface area contributed by atoms with E-state index in [2.05, 4.69) is 15.4 Å². The fraction of sp³-hybridized carbons (Fsp3) is 0.455. The zero-order valence-corrected chi connectivity index (χ0v) is 10.00. The third kappa shape index (κ3) is 1.85. The fourth-order valence-electron chi connectivity index (χ4n) is 2.25. The summed E-state index contributed by atoms with van der Waals surface area (Å²) in [4.78, 5) is 16.3. The molecule has 6 heteroatoms. The number of H-pyrrole nitrogens is 1. The van der Waals surface area contributed by atoms with Crippen LogP contribution in [-0.2, 0) is 0 Å². The monoisotopic (exact) mass is 252 g/mol. The summed E-state index contributed by atoms with van der Waals surface area (Å²) in [6.07, 6.45) is 4.94. The Labute approximate surface area is 103 Å². The summed E-state index contributed by atoms with van der Waals surface area (Å²) in [5.74, 6) is 0. The van der Waals surface area contributed by atoms with Gasteiger partial charge in [-0.15, -0.1) is 0 Å². The topological polar surface area (TPSA) is 62.2 Å². The molecule has 3 heterocycles. The Morgan fingerprint density at radius 3 is 3.12 bits per heavy atom. The van der Waals surface area contributed by atoms with Crippen molar-refractivity contribution in [1.29, 1.82) is 0 Å². The first-order valence-electron chi connectivity index (χ1n) is 5.75. The molecule has 3 rings (SSSR count). The van der Waals surface area contributed by atoms with Crippen LogP contribution in [0, 0.1) is 0 Å². The zero-order chi connectivity index (χ0) is 11.8. The Morgan fingerprint density at radius 2 is 2.35 bits per heavy atom. The highest BCUT2D eigenvalue weighted by Crippen LogP contribution is 2.22. The van der Waals surface area contributed by atoms with Gasteiger partial charge in [-0.25, -0.2) is 9.50 Å². The third-order valence-electron chi connectivity index (χ3n) is 3.14. The lowest BCUT2D eigenvalue weighted by molar-refractivity contribution is 0.405. The first kappa shape index (κ1) is 10.8. The minimum atomic E-state index is -0.121. The molecule has 5 nitrogen and oxygen atoms in total. The van der Waals surface area contributed by atoms with Gasteiger partial charge in [-0.05, 0) is 19.4 Å². The van der Waals surface area contributed by atoms with E-state index in [4.69, 9.17) is 11.6 Å². The quantitative estimate of drug-likeness (QED) is 0.808. The molecule has 0 spiro atoms. The molecule has 1 aliphatic rings. The minimum absolute atomic E-state index is 0.121. The largest absolute Gasteiger partial charge is 0.309 e. The highest BCUT2D eigenvalue weighted by Gasteiger charge is 2.18. The van der Waals surface area contributed by atoms with Crippen LogP contribution in [0.3, 0.4) is 0 Å². The minimum Gasteiger partial charge on any atom is -0.309 e. The van der Waals surface area contributed by atoms with Crippen molar-refractivity contribution in [2.24, 2.45) is 0 Å². The molecule has 1 aliphatic heterocycles. The zero-order valence-electron chi connectivity index (χ0n) is 9.24. The van der Waals surface area contributed by atoms with Crippen LogP contribution in [0.4, 0.5) is 0 Å². The number of hydrogen-bond donors (Lipinski definition) is 2. The lowest BCUT2D eigenvalue weighted by Crippen LogP contribution is -2.29. The molecular formula is C11H13ClN4O. The van der Waals surface area contributed by atoms with Crippen molar-refractivity contribution in [2.45, 2.75) is 25.3 Å². The normalized spacial score (nSPS) is 20.9. The summed E-state index contributed by atoms with van der Waals surface area (Å²) in [5, 5.41) is 6.62. The predicted molar refractivity (Wildman–Crippen MR) is 65.4 cm³/mol. The number of piperidine rings is 1. The van der Waals surface area contributed by atoms with Crippen LogP contribution in [0.1, 0.15) is 31.0 Å². The van der Waals surface area contributed by atoms with Gasteiger partial charge >= 0.3 is 0 Å². The van der Waals surface area contributed by atoms with Crippen LogP contribution < -0.4 is 10.9 Å². The van der Waals surface area contributed by atoms with Crippen LogP contribution >= 0.6 is 11.6 Å². The van der Waals surface area contributed by atoms with E-state index in [1.807, 2.05) is 0 Å². The van der Waals surface area contributed by atoms with Gasteiger partial charge in [0.05, 0.1) is 5.69 Å². The summed E-state index contributed by atoms with van der Waals surface area (Å²) in [6, 6.07) is 1.75. The van der Waals surface area contributed by atoms with Gasteiger partial charge in [0.15, 0.2) is 5.65 Å². The van der Waals surface area contributed by atoms with E-state index >= 15 is 0 Å². The van der Waals surface area contributed by atoms with Gasteiger partial charge in [0, 0.05) is 18.3 Å². The van der Waals surface area contributed by atoms with Crippen molar-refractivity contribution < 1.29 is 0 Å². The van der Waals surface area contributed by atoms with Gasteiger partial charge in [0.25, 0.3) is 5.56 Å². The van der Waals surface area contributed by atoms with Gasteiger partial charge in [0.1, 0.15) is 5.02 Å². The van der Waals surface area contributed by atoms with Gasteiger partial charge in [-0.1, -0.05) is 18.0 Å². The van der Waals surface area contributed by atoms with E-state index in [0.717, 1.165) is 18.7 Å². The molecular weight excluding hydrogens is 240 g/mol. The molecule has 0 radical (unpaired) electrons. The van der Waals surface area contributed by atoms with Crippen molar-refractivity contribution >= 4 is 17.2 Å². The van der Waals surface area contributed by atoms with Gasteiger partial charge in [-0.2, -0.15) is 0 Å². The molecule has 1 saturated heterocycles. The maximum Gasteiger partial charge on any atom is 0.273 e. The average Bonchev–Trinajstić information content (AvgIpc) is 2.73. The fourth-order valence-corrected chi connectivity index (χ4v) is 2.43. The smallest absolute Gasteiger partial charge is 0.273 e. The number of fused-ring (bicyclic) bond motifs is 1. The highest BCUT2D eigenvalue weighted by molar-refractivity contribution is 6.33. The molecule has 0 saturated carbocycles. The van der Waals surface area contributed by atoms with Crippen molar-refractivity contribution in [3.05, 3.63) is 33.3 Å². The molecule has 1 atom stereocenters. The first-order valence-corrected chi connectivity index (χ1v) is 6.13. The number of nitrogens with zero attached hydrogens (tertiary/aromatic N) is 2. The summed E-state index contributed by atoms with van der Waals surface area (Å²) in [7, 11) is 0. The number of aromatic nitrogens is 3. The molecule has 1 unspecified atom stereocenters. The maximum atomic E-state index is 11.9. The molecule has 0 bridgehead atoms. The van der Waals surface area contributed by atoms with Crippen molar-refractivity contribution in [1.82, 2.24) is 19.9 Å². The average molecular weight is 253 g/mol. The number of rotatable bonds is 1. The van der Waals surface area contributed by atoms with E-state index in [9.17, 15) is 4.79 Å². The van der Waals surface area contributed by atoms with Crippen LogP contribution in [0.5, 0.6) is 0 Å². The lowest BCUT2D eigenvalue weighted by atomic mass is 10.0. The van der Waals surface area contributed by atoms with E-state index in [1.165, 1.54) is 17.4 Å². The molecule has 0 aliphatic carbocycles. The van der Waals surface area contributed by atoms with Crippen molar-refractivity contribution in [3.8, 4) is 0 Å². The summed E-state index contributed by atoms with van der Waals surface area (Å²) in [6.45, 7) is 0.979. The Hall–Kier alpha value is -1.33. The molecule has 0 amide bonds. The summed E-state index contributed by atoms with van der Waals surface area (Å²) >= 11 is 5.98. The van der Waals surface area contributed by atoms with Gasteiger partial charge in [-0.3, -0.25) is 9.89 Å². The third-order valence-corrected chi connectivity index (χ3v) is 3.42. The summed E-state index contributed by atoms with van der Waals surface area (Å²) in [5.41, 5.74) is 1.17. The second-order valence-electron chi connectivity index (χ2n) is 4.30. The number of aromatic amines is 1. The number of nitrogens with one attached hydrogen (secondary N) is 2. The van der Waals surface area contributed by atoms with Gasteiger partial charge in [0.2, 0.25) is 0 Å². The summed E-state index contributed by atoms with van der Waals surface area (Å²) < 4.78 is 1.36. The molecule has 0 aromatic carbocycles. The number of halogens is 1. The number of hydrogen-bond acceptors (Lipinski definition) is 3. The maximum absolute atomic E-state index is 11.9. The molecule has 17 heavy (non-hydrogen) atoms. The Kier molecular flexibility index (Phi) is 2.64. The van der Waals surface area contributed by atoms with Crippen LogP contribution in [-0.4, -0.2) is 21.1 Å². The molecule has 1 fully saturated rings. The molecule has 90 valence electrons. The van der Waals surface area contributed by atoms with Crippen LogP contribution in [0.15, 0.2) is 17.1 Å². The Balaban J connectivity index is 2.10. The SMILES string of the molecule is O=c1cc(C2CCCCN2)nc2c(Cl)c[nH]n12. The van der Waals surface area contributed by atoms with Gasteiger partial charge < -0.3 is 5.32 Å². The Morgan fingerprint density at radius 1 is 1.47 bits per heavy atom. The Bertz CT molecular complexity index is 597. The lowest BCUT2D eigenvalue weighted by Gasteiger charge is -2.22. The molecule has 2 aromatic rings. The highest BCUT2D eigenvalue weighted by atomic mass is 35.5. The van der Waals surface area contributed by atoms with E-state index in [0.29, 0.717) is 10.7 Å². The molecule has 2 N–H and O–H groups in total. The second-order valence-corrected chi connectivity index (χ2v) is 4.71. The second kappa shape index (κ2) is 4.16. The van der Waals surface area contributed by atoms with E-state index in [-0.39, 0.29) is 11.6 Å². The van der Waals surface area contributed by atoms with Crippen LogP contribution in [0.2, 0.25) is 5.02 Å². The molecule has 2 aromatic heterocycles. The predicted octanol–water partition coefficient (Wildman–Crippen LogP) is 1.49. The van der Waals surface area contributed by atoms with E-state index < -0.39 is 0 Å². The first-order chi connectivity index (χ1) is 8.25.